The second-order valence-electron chi connectivity index (χ2n) is 5.88. The molecule has 0 saturated carbocycles. The molecule has 2 heterocycles. The van der Waals surface area contributed by atoms with Crippen LogP contribution in [0.25, 0.3) is 22.0 Å². The Kier molecular flexibility index (Phi) is 3.57. The van der Waals surface area contributed by atoms with Crippen molar-refractivity contribution in [3.63, 3.8) is 0 Å². The number of benzene rings is 2. The minimum atomic E-state index is -0.316. The van der Waals surface area contributed by atoms with Crippen LogP contribution in [0.15, 0.2) is 65.6 Å². The van der Waals surface area contributed by atoms with Crippen molar-refractivity contribution in [2.75, 3.05) is 5.73 Å². The highest BCUT2D eigenvalue weighted by Crippen LogP contribution is 2.25. The zero-order chi connectivity index (χ0) is 17.4. The third-order valence-corrected chi connectivity index (χ3v) is 4.15. The van der Waals surface area contributed by atoms with Crippen LogP contribution in [0, 0.1) is 5.82 Å². The number of pyridine rings is 1. The predicted octanol–water partition coefficient (Wildman–Crippen LogP) is 3.16. The van der Waals surface area contributed by atoms with Crippen LogP contribution < -0.4 is 11.3 Å². The summed E-state index contributed by atoms with van der Waals surface area (Å²) in [7, 11) is 0. The van der Waals surface area contributed by atoms with Gasteiger partial charge in [-0.3, -0.25) is 9.89 Å². The molecule has 0 atom stereocenters. The summed E-state index contributed by atoms with van der Waals surface area (Å²) in [6.07, 6.45) is 1.77. The lowest BCUT2D eigenvalue weighted by Crippen LogP contribution is -2.19. The van der Waals surface area contributed by atoms with E-state index >= 15 is 0 Å². The van der Waals surface area contributed by atoms with Crippen LogP contribution in [0.2, 0.25) is 0 Å². The number of nitrogen functional groups attached to an aromatic ring is 1. The SMILES string of the molecule is Nc1n[nH]c2cc(-c3ccc(=O)n(Cc4cccc(F)c4)c3)ccc12. The number of nitrogens with zero attached hydrogens (tertiary/aromatic N) is 2. The summed E-state index contributed by atoms with van der Waals surface area (Å²) in [5.74, 6) is 0.140. The number of hydrogen-bond donors (Lipinski definition) is 2. The van der Waals surface area contributed by atoms with E-state index in [2.05, 4.69) is 10.2 Å². The second-order valence-corrected chi connectivity index (χ2v) is 5.88. The molecule has 0 fully saturated rings. The van der Waals surface area contributed by atoms with E-state index in [0.29, 0.717) is 12.4 Å². The lowest BCUT2D eigenvalue weighted by Gasteiger charge is -2.09. The summed E-state index contributed by atoms with van der Waals surface area (Å²) in [6.45, 7) is 0.309. The molecule has 6 heteroatoms. The predicted molar refractivity (Wildman–Crippen MR) is 95.7 cm³/mol. The summed E-state index contributed by atoms with van der Waals surface area (Å²) in [4.78, 5) is 12.1. The van der Waals surface area contributed by atoms with Crippen LogP contribution in [0.4, 0.5) is 10.2 Å². The Morgan fingerprint density at radius 2 is 1.92 bits per heavy atom. The summed E-state index contributed by atoms with van der Waals surface area (Å²) in [5.41, 5.74) is 9.03. The van der Waals surface area contributed by atoms with Gasteiger partial charge < -0.3 is 10.3 Å². The van der Waals surface area contributed by atoms with Crippen molar-refractivity contribution in [2.45, 2.75) is 6.54 Å². The van der Waals surface area contributed by atoms with Gasteiger partial charge in [0.25, 0.3) is 5.56 Å². The zero-order valence-corrected chi connectivity index (χ0v) is 13.2. The first-order chi connectivity index (χ1) is 12.1. The van der Waals surface area contributed by atoms with Gasteiger partial charge in [-0.2, -0.15) is 5.10 Å². The van der Waals surface area contributed by atoms with Crippen LogP contribution in [0.5, 0.6) is 0 Å². The van der Waals surface area contributed by atoms with Gasteiger partial charge in [0.05, 0.1) is 12.1 Å². The second kappa shape index (κ2) is 5.90. The summed E-state index contributed by atoms with van der Waals surface area (Å²) in [5, 5.41) is 7.73. The Morgan fingerprint density at radius 3 is 2.76 bits per heavy atom. The molecular formula is C19H15FN4O. The maximum Gasteiger partial charge on any atom is 0.250 e. The van der Waals surface area contributed by atoms with Crippen molar-refractivity contribution >= 4 is 16.7 Å². The van der Waals surface area contributed by atoms with Crippen molar-refractivity contribution in [1.82, 2.24) is 14.8 Å². The number of nitrogens with one attached hydrogen (secondary N) is 1. The Labute approximate surface area is 142 Å². The molecule has 0 amide bonds. The molecule has 25 heavy (non-hydrogen) atoms. The summed E-state index contributed by atoms with van der Waals surface area (Å²) >= 11 is 0. The van der Waals surface area contributed by atoms with Gasteiger partial charge in [-0.05, 0) is 47.0 Å². The Balaban J connectivity index is 1.74. The third-order valence-electron chi connectivity index (χ3n) is 4.15. The van der Waals surface area contributed by atoms with E-state index < -0.39 is 0 Å². The number of halogens is 1. The van der Waals surface area contributed by atoms with E-state index in [4.69, 9.17) is 5.73 Å². The molecule has 0 aliphatic carbocycles. The molecular weight excluding hydrogens is 319 g/mol. The molecule has 0 unspecified atom stereocenters. The first-order valence-corrected chi connectivity index (χ1v) is 7.79. The van der Waals surface area contributed by atoms with Crippen molar-refractivity contribution in [3.05, 3.63) is 82.5 Å². The molecule has 0 spiro atoms. The number of aromatic nitrogens is 3. The van der Waals surface area contributed by atoms with Gasteiger partial charge in [-0.1, -0.05) is 18.2 Å². The lowest BCUT2D eigenvalue weighted by atomic mass is 10.1. The van der Waals surface area contributed by atoms with Gasteiger partial charge >= 0.3 is 0 Å². The number of anilines is 1. The van der Waals surface area contributed by atoms with E-state index in [-0.39, 0.29) is 11.4 Å². The topological polar surface area (TPSA) is 76.7 Å². The maximum absolute atomic E-state index is 13.4. The molecule has 0 aliphatic heterocycles. The van der Waals surface area contributed by atoms with E-state index in [1.807, 2.05) is 18.2 Å². The van der Waals surface area contributed by atoms with Gasteiger partial charge in [-0.25, -0.2) is 4.39 Å². The standard InChI is InChI=1S/C19H15FN4O/c20-15-3-1-2-12(8-15)10-24-11-14(5-7-18(24)25)13-4-6-16-17(9-13)22-23-19(16)21/h1-9,11H,10H2,(H3,21,22,23). The Bertz CT molecular complexity index is 1130. The molecule has 0 saturated heterocycles. The van der Waals surface area contributed by atoms with Crippen LogP contribution in [0.1, 0.15) is 5.56 Å². The van der Waals surface area contributed by atoms with E-state index in [1.54, 1.807) is 29.0 Å². The number of nitrogens with two attached hydrogens (primary N) is 1. The molecule has 0 bridgehead atoms. The highest BCUT2D eigenvalue weighted by atomic mass is 19.1. The Hall–Kier alpha value is -3.41. The highest BCUT2D eigenvalue weighted by Gasteiger charge is 2.07. The molecule has 4 aromatic rings. The number of aromatic amines is 1. The van der Waals surface area contributed by atoms with Crippen molar-refractivity contribution < 1.29 is 4.39 Å². The fourth-order valence-corrected chi connectivity index (χ4v) is 2.88. The third kappa shape index (κ3) is 2.89. The number of rotatable bonds is 3. The maximum atomic E-state index is 13.4. The van der Waals surface area contributed by atoms with E-state index in [9.17, 15) is 9.18 Å². The van der Waals surface area contributed by atoms with Crippen LogP contribution in [-0.4, -0.2) is 14.8 Å². The number of fused-ring (bicyclic) bond motifs is 1. The first kappa shape index (κ1) is 15.1. The first-order valence-electron chi connectivity index (χ1n) is 7.79. The Morgan fingerprint density at radius 1 is 1.08 bits per heavy atom. The van der Waals surface area contributed by atoms with Crippen LogP contribution >= 0.6 is 0 Å². The lowest BCUT2D eigenvalue weighted by molar-refractivity contribution is 0.623. The van der Waals surface area contributed by atoms with Crippen molar-refractivity contribution in [1.29, 1.82) is 0 Å². The fraction of sp³-hybridized carbons (Fsp3) is 0.0526. The van der Waals surface area contributed by atoms with Gasteiger partial charge in [0, 0.05) is 17.6 Å². The summed E-state index contributed by atoms with van der Waals surface area (Å²) in [6, 6.07) is 15.3. The van der Waals surface area contributed by atoms with Gasteiger partial charge in [0.1, 0.15) is 5.82 Å². The minimum Gasteiger partial charge on any atom is -0.382 e. The summed E-state index contributed by atoms with van der Waals surface area (Å²) < 4.78 is 14.9. The average Bonchev–Trinajstić information content (AvgIpc) is 2.97. The molecule has 124 valence electrons. The largest absolute Gasteiger partial charge is 0.382 e. The zero-order valence-electron chi connectivity index (χ0n) is 13.2. The van der Waals surface area contributed by atoms with Crippen molar-refractivity contribution in [3.8, 4) is 11.1 Å². The average molecular weight is 334 g/mol. The monoisotopic (exact) mass is 334 g/mol. The normalized spacial score (nSPS) is 11.1. The van der Waals surface area contributed by atoms with Gasteiger partial charge in [-0.15, -0.1) is 0 Å². The smallest absolute Gasteiger partial charge is 0.250 e. The highest BCUT2D eigenvalue weighted by molar-refractivity contribution is 5.91. The quantitative estimate of drug-likeness (QED) is 0.604. The van der Waals surface area contributed by atoms with Gasteiger partial charge in [0.15, 0.2) is 5.82 Å². The van der Waals surface area contributed by atoms with Crippen LogP contribution in [-0.2, 0) is 6.54 Å². The van der Waals surface area contributed by atoms with Gasteiger partial charge in [0.2, 0.25) is 0 Å². The van der Waals surface area contributed by atoms with Crippen molar-refractivity contribution in [2.24, 2.45) is 0 Å². The molecule has 5 nitrogen and oxygen atoms in total. The minimum absolute atomic E-state index is 0.139. The van der Waals surface area contributed by atoms with Crippen LogP contribution in [0.3, 0.4) is 0 Å². The molecule has 4 rings (SSSR count). The molecule has 3 N–H and O–H groups in total. The molecule has 0 aliphatic rings. The molecule has 0 radical (unpaired) electrons. The fourth-order valence-electron chi connectivity index (χ4n) is 2.88. The van der Waals surface area contributed by atoms with E-state index in [0.717, 1.165) is 27.6 Å². The molecule has 2 aromatic heterocycles. The number of hydrogen-bond acceptors (Lipinski definition) is 3. The molecule has 2 aromatic carbocycles. The van der Waals surface area contributed by atoms with E-state index in [1.165, 1.54) is 18.2 Å². The number of H-pyrrole nitrogens is 1.